The Morgan fingerprint density at radius 3 is 2.65 bits per heavy atom. The van der Waals surface area contributed by atoms with E-state index in [1.54, 1.807) is 12.1 Å². The van der Waals surface area contributed by atoms with Crippen molar-refractivity contribution in [1.29, 1.82) is 0 Å². The van der Waals surface area contributed by atoms with Crippen molar-refractivity contribution in [2.24, 2.45) is 0 Å². The second-order valence-electron chi connectivity index (χ2n) is 4.81. The second kappa shape index (κ2) is 5.99. The highest BCUT2D eigenvalue weighted by Crippen LogP contribution is 2.37. The second-order valence-corrected chi connectivity index (χ2v) is 5.22. The third-order valence-electron chi connectivity index (χ3n) is 3.52. The van der Waals surface area contributed by atoms with Crippen molar-refractivity contribution in [2.45, 2.75) is 6.42 Å². The third kappa shape index (κ3) is 2.90. The lowest BCUT2D eigenvalue weighted by molar-refractivity contribution is 0.0370. The first kappa shape index (κ1) is 13.7. The first-order chi connectivity index (χ1) is 9.74. The van der Waals surface area contributed by atoms with Crippen LogP contribution >= 0.6 is 11.6 Å². The first-order valence-electron chi connectivity index (χ1n) is 6.66. The predicted octanol–water partition coefficient (Wildman–Crippen LogP) is 1.97. The zero-order valence-corrected chi connectivity index (χ0v) is 11.8. The average molecular weight is 298 g/mol. The maximum absolute atomic E-state index is 12.3. The number of carbonyl (C=O) groups is 1. The molecule has 3 rings (SSSR count). The Labute approximate surface area is 122 Å². The summed E-state index contributed by atoms with van der Waals surface area (Å²) in [4.78, 5) is 14.5. The van der Waals surface area contributed by atoms with Gasteiger partial charge >= 0.3 is 0 Å². The van der Waals surface area contributed by atoms with E-state index >= 15 is 0 Å². The molecule has 0 unspecified atom stereocenters. The lowest BCUT2D eigenvalue weighted by Crippen LogP contribution is -2.37. The van der Waals surface area contributed by atoms with Gasteiger partial charge in [0.1, 0.15) is 0 Å². The number of rotatable bonds is 4. The van der Waals surface area contributed by atoms with Gasteiger partial charge in [-0.2, -0.15) is 0 Å². The molecule has 1 aromatic carbocycles. The minimum atomic E-state index is 0.0276. The van der Waals surface area contributed by atoms with Crippen LogP contribution in [0.5, 0.6) is 11.5 Å². The molecule has 2 aliphatic rings. The van der Waals surface area contributed by atoms with Gasteiger partial charge in [0.25, 0.3) is 0 Å². The number of ketones is 1. The molecule has 1 fully saturated rings. The molecule has 0 atom stereocenters. The summed E-state index contributed by atoms with van der Waals surface area (Å²) < 4.78 is 15.8. The molecule has 1 saturated heterocycles. The minimum absolute atomic E-state index is 0.0276. The fraction of sp³-hybridized carbons (Fsp3) is 0.500. The number of benzene rings is 1. The largest absolute Gasteiger partial charge is 0.454 e. The Morgan fingerprint density at radius 2 is 1.90 bits per heavy atom. The number of Topliss-reactive ketones (excluding diaryl/α,β-unsaturated/α-hetero) is 1. The van der Waals surface area contributed by atoms with Crippen LogP contribution in [0.15, 0.2) is 12.1 Å². The van der Waals surface area contributed by atoms with Gasteiger partial charge in [-0.25, -0.2) is 0 Å². The molecule has 0 bridgehead atoms. The van der Waals surface area contributed by atoms with Crippen molar-refractivity contribution >= 4 is 17.4 Å². The molecule has 0 saturated carbocycles. The van der Waals surface area contributed by atoms with E-state index in [1.165, 1.54) is 0 Å². The van der Waals surface area contributed by atoms with Gasteiger partial charge in [-0.3, -0.25) is 9.69 Å². The number of hydrogen-bond donors (Lipinski definition) is 0. The van der Waals surface area contributed by atoms with E-state index in [4.69, 9.17) is 25.8 Å². The lowest BCUT2D eigenvalue weighted by Gasteiger charge is -2.26. The predicted molar refractivity (Wildman–Crippen MR) is 73.8 cm³/mol. The van der Waals surface area contributed by atoms with Crippen LogP contribution in [0.25, 0.3) is 0 Å². The number of nitrogens with zero attached hydrogens (tertiary/aromatic N) is 1. The van der Waals surface area contributed by atoms with Gasteiger partial charge in [0, 0.05) is 37.7 Å². The molecule has 0 amide bonds. The summed E-state index contributed by atoms with van der Waals surface area (Å²) in [6, 6.07) is 3.32. The van der Waals surface area contributed by atoms with Crippen molar-refractivity contribution in [3.05, 3.63) is 22.7 Å². The number of ether oxygens (including phenoxy) is 3. The Hall–Kier alpha value is -1.30. The molecule has 0 radical (unpaired) electrons. The number of morpholine rings is 1. The number of fused-ring (bicyclic) bond motifs is 1. The summed E-state index contributed by atoms with van der Waals surface area (Å²) in [7, 11) is 0. The van der Waals surface area contributed by atoms with Gasteiger partial charge < -0.3 is 14.2 Å². The summed E-state index contributed by atoms with van der Waals surface area (Å²) >= 11 is 6.13. The van der Waals surface area contributed by atoms with Gasteiger partial charge in [-0.1, -0.05) is 11.6 Å². The highest BCUT2D eigenvalue weighted by atomic mass is 35.5. The molecule has 1 aromatic rings. The molecular weight excluding hydrogens is 282 g/mol. The minimum Gasteiger partial charge on any atom is -0.454 e. The molecule has 20 heavy (non-hydrogen) atoms. The van der Waals surface area contributed by atoms with Crippen LogP contribution in [0.4, 0.5) is 0 Å². The summed E-state index contributed by atoms with van der Waals surface area (Å²) in [5.41, 5.74) is 0.504. The fourth-order valence-corrected chi connectivity index (χ4v) is 2.61. The molecule has 6 heteroatoms. The summed E-state index contributed by atoms with van der Waals surface area (Å²) in [5.74, 6) is 1.21. The Bertz CT molecular complexity index is 514. The number of hydrogen-bond acceptors (Lipinski definition) is 5. The monoisotopic (exact) mass is 297 g/mol. The fourth-order valence-electron chi connectivity index (χ4n) is 2.35. The highest BCUT2D eigenvalue weighted by molar-refractivity contribution is 6.34. The van der Waals surface area contributed by atoms with Gasteiger partial charge in [-0.15, -0.1) is 0 Å². The van der Waals surface area contributed by atoms with Gasteiger partial charge in [-0.05, 0) is 6.07 Å². The van der Waals surface area contributed by atoms with Crippen LogP contribution in [-0.4, -0.2) is 50.3 Å². The smallest absolute Gasteiger partial charge is 0.231 e. The van der Waals surface area contributed by atoms with Crippen LogP contribution in [0.2, 0.25) is 5.02 Å². The van der Waals surface area contributed by atoms with Crippen LogP contribution in [0, 0.1) is 0 Å². The molecule has 2 aliphatic heterocycles. The van der Waals surface area contributed by atoms with Gasteiger partial charge in [0.2, 0.25) is 6.79 Å². The Kier molecular flexibility index (Phi) is 4.10. The summed E-state index contributed by atoms with van der Waals surface area (Å²) in [6.07, 6.45) is 0.444. The normalized spacial score (nSPS) is 18.2. The molecule has 0 aliphatic carbocycles. The van der Waals surface area contributed by atoms with Gasteiger partial charge in [0.05, 0.1) is 18.2 Å². The van der Waals surface area contributed by atoms with E-state index < -0.39 is 0 Å². The average Bonchev–Trinajstić information content (AvgIpc) is 2.92. The SMILES string of the molecule is O=C(CCN1CCOCC1)c1cc2c(cc1Cl)OCO2. The van der Waals surface area contributed by atoms with Crippen molar-refractivity contribution in [1.82, 2.24) is 4.90 Å². The first-order valence-corrected chi connectivity index (χ1v) is 7.04. The van der Waals surface area contributed by atoms with Crippen molar-refractivity contribution in [2.75, 3.05) is 39.6 Å². The third-order valence-corrected chi connectivity index (χ3v) is 3.83. The standard InChI is InChI=1S/C14H16ClNO4/c15-11-8-14-13(19-9-20-14)7-10(11)12(17)1-2-16-3-5-18-6-4-16/h7-8H,1-6,9H2. The van der Waals surface area contributed by atoms with Crippen LogP contribution in [0.1, 0.15) is 16.8 Å². The van der Waals surface area contributed by atoms with E-state index in [9.17, 15) is 4.79 Å². The summed E-state index contributed by atoms with van der Waals surface area (Å²) in [5, 5.41) is 0.418. The van der Waals surface area contributed by atoms with Gasteiger partial charge in [0.15, 0.2) is 17.3 Å². The zero-order valence-electron chi connectivity index (χ0n) is 11.1. The molecule has 2 heterocycles. The Morgan fingerprint density at radius 1 is 1.20 bits per heavy atom. The van der Waals surface area contributed by atoms with Crippen LogP contribution in [-0.2, 0) is 4.74 Å². The van der Waals surface area contributed by atoms with E-state index in [2.05, 4.69) is 4.90 Å². The van der Waals surface area contributed by atoms with E-state index in [0.29, 0.717) is 28.5 Å². The maximum atomic E-state index is 12.3. The molecule has 108 valence electrons. The van der Waals surface area contributed by atoms with E-state index in [1.807, 2.05) is 0 Å². The zero-order chi connectivity index (χ0) is 13.9. The molecule has 5 nitrogen and oxygen atoms in total. The topological polar surface area (TPSA) is 48.0 Å². The molecular formula is C14H16ClNO4. The molecule has 0 N–H and O–H groups in total. The lowest BCUT2D eigenvalue weighted by atomic mass is 10.1. The van der Waals surface area contributed by atoms with Crippen LogP contribution in [0.3, 0.4) is 0 Å². The van der Waals surface area contributed by atoms with Crippen molar-refractivity contribution in [3.63, 3.8) is 0 Å². The highest BCUT2D eigenvalue weighted by Gasteiger charge is 2.20. The molecule has 0 spiro atoms. The van der Waals surface area contributed by atoms with Crippen molar-refractivity contribution in [3.8, 4) is 11.5 Å². The molecule has 0 aromatic heterocycles. The van der Waals surface area contributed by atoms with E-state index in [-0.39, 0.29) is 12.6 Å². The summed E-state index contributed by atoms with van der Waals surface area (Å²) in [6.45, 7) is 4.13. The van der Waals surface area contributed by atoms with Crippen LogP contribution < -0.4 is 9.47 Å². The Balaban J connectivity index is 1.64. The number of halogens is 1. The van der Waals surface area contributed by atoms with E-state index in [0.717, 1.165) is 32.8 Å². The number of carbonyl (C=O) groups excluding carboxylic acids is 1. The quantitative estimate of drug-likeness (QED) is 0.795. The van der Waals surface area contributed by atoms with Crippen molar-refractivity contribution < 1.29 is 19.0 Å². The maximum Gasteiger partial charge on any atom is 0.231 e.